The van der Waals surface area contributed by atoms with Crippen LogP contribution in [0.25, 0.3) is 22.5 Å². The minimum Gasteiger partial charge on any atom is -0.482 e. The van der Waals surface area contributed by atoms with Gasteiger partial charge in [0.2, 0.25) is 0 Å². The Labute approximate surface area is 222 Å². The highest BCUT2D eigenvalue weighted by Crippen LogP contribution is 2.39. The number of rotatable bonds is 9. The van der Waals surface area contributed by atoms with E-state index in [2.05, 4.69) is 37.3 Å². The van der Waals surface area contributed by atoms with Crippen molar-refractivity contribution < 1.29 is 14.3 Å². The molecule has 1 aliphatic heterocycles. The van der Waals surface area contributed by atoms with Crippen molar-refractivity contribution in [3.8, 4) is 28.3 Å². The van der Waals surface area contributed by atoms with Crippen molar-refractivity contribution in [2.24, 2.45) is 4.99 Å². The molecule has 38 heavy (non-hydrogen) atoms. The first kappa shape index (κ1) is 25.1. The van der Waals surface area contributed by atoms with Gasteiger partial charge in [-0.2, -0.15) is 0 Å². The average molecular weight is 504 g/mol. The molecule has 3 aromatic carbocycles. The fourth-order valence-electron chi connectivity index (χ4n) is 4.68. The first-order chi connectivity index (χ1) is 18.6. The zero-order chi connectivity index (χ0) is 26.4. The van der Waals surface area contributed by atoms with Gasteiger partial charge in [0.15, 0.2) is 6.61 Å². The minimum absolute atomic E-state index is 0.0897. The molecular weight excluding hydrogens is 474 g/mol. The molecule has 0 bridgehead atoms. The third-order valence-corrected chi connectivity index (χ3v) is 6.74. The van der Waals surface area contributed by atoms with Crippen molar-refractivity contribution in [2.45, 2.75) is 24.8 Å². The SMILES string of the molecule is COC(=O)COc1cccc(CC(c2cnc(-c3ccccc3)c(-c3ccccc3)n2)C2(C)C=CC=N2)c1. The molecule has 0 fully saturated rings. The van der Waals surface area contributed by atoms with Gasteiger partial charge in [0, 0.05) is 29.5 Å². The molecule has 4 aromatic rings. The van der Waals surface area contributed by atoms with Crippen molar-refractivity contribution in [1.29, 1.82) is 0 Å². The number of hydrogen-bond acceptors (Lipinski definition) is 6. The Balaban J connectivity index is 1.55. The van der Waals surface area contributed by atoms with Crippen LogP contribution in [0.15, 0.2) is 108 Å². The molecule has 0 saturated heterocycles. The zero-order valence-electron chi connectivity index (χ0n) is 21.5. The lowest BCUT2D eigenvalue weighted by molar-refractivity contribution is -0.142. The van der Waals surface area contributed by atoms with Gasteiger partial charge in [-0.1, -0.05) is 78.9 Å². The van der Waals surface area contributed by atoms with Crippen LogP contribution in [0.4, 0.5) is 0 Å². The van der Waals surface area contributed by atoms with Crippen molar-refractivity contribution in [3.05, 3.63) is 115 Å². The van der Waals surface area contributed by atoms with Gasteiger partial charge in [-0.25, -0.2) is 9.78 Å². The fraction of sp³-hybridized carbons (Fsp3) is 0.188. The molecule has 190 valence electrons. The largest absolute Gasteiger partial charge is 0.482 e. The topological polar surface area (TPSA) is 73.7 Å². The van der Waals surface area contributed by atoms with Gasteiger partial charge in [0.1, 0.15) is 5.75 Å². The van der Waals surface area contributed by atoms with Crippen LogP contribution in [0.5, 0.6) is 5.75 Å². The van der Waals surface area contributed by atoms with Gasteiger partial charge in [-0.15, -0.1) is 0 Å². The molecule has 2 heterocycles. The van der Waals surface area contributed by atoms with Gasteiger partial charge in [0.25, 0.3) is 0 Å². The molecule has 0 amide bonds. The smallest absolute Gasteiger partial charge is 0.343 e. The molecule has 5 rings (SSSR count). The van der Waals surface area contributed by atoms with Crippen LogP contribution in [0.3, 0.4) is 0 Å². The Morgan fingerprint density at radius 2 is 1.63 bits per heavy atom. The van der Waals surface area contributed by atoms with Crippen LogP contribution in [0.2, 0.25) is 0 Å². The summed E-state index contributed by atoms with van der Waals surface area (Å²) in [5.74, 6) is 0.0966. The number of nitrogens with zero attached hydrogens (tertiary/aromatic N) is 3. The maximum Gasteiger partial charge on any atom is 0.343 e. The second kappa shape index (κ2) is 11.2. The molecule has 2 atom stereocenters. The van der Waals surface area contributed by atoms with Crippen LogP contribution < -0.4 is 4.74 Å². The number of benzene rings is 3. The Kier molecular flexibility index (Phi) is 7.40. The molecule has 0 aliphatic carbocycles. The third-order valence-electron chi connectivity index (χ3n) is 6.74. The van der Waals surface area contributed by atoms with Crippen LogP contribution in [-0.4, -0.2) is 41.4 Å². The molecule has 0 saturated carbocycles. The zero-order valence-corrected chi connectivity index (χ0v) is 21.5. The predicted molar refractivity (Wildman–Crippen MR) is 149 cm³/mol. The number of ether oxygens (including phenoxy) is 2. The van der Waals surface area contributed by atoms with Gasteiger partial charge in [0.05, 0.1) is 29.7 Å². The molecule has 1 aliphatic rings. The summed E-state index contributed by atoms with van der Waals surface area (Å²) >= 11 is 0. The maximum atomic E-state index is 11.5. The normalized spacial score (nSPS) is 16.8. The van der Waals surface area contributed by atoms with E-state index >= 15 is 0 Å². The highest BCUT2D eigenvalue weighted by Gasteiger charge is 2.36. The lowest BCUT2D eigenvalue weighted by Crippen LogP contribution is -2.30. The van der Waals surface area contributed by atoms with Crippen LogP contribution in [-0.2, 0) is 16.0 Å². The van der Waals surface area contributed by atoms with E-state index < -0.39 is 11.5 Å². The summed E-state index contributed by atoms with van der Waals surface area (Å²) in [4.78, 5) is 26.5. The van der Waals surface area contributed by atoms with Gasteiger partial charge in [-0.05, 0) is 37.1 Å². The van der Waals surface area contributed by atoms with Gasteiger partial charge in [-0.3, -0.25) is 9.98 Å². The van der Waals surface area contributed by atoms with Crippen molar-refractivity contribution in [1.82, 2.24) is 9.97 Å². The van der Waals surface area contributed by atoms with E-state index in [1.54, 1.807) is 0 Å². The summed E-state index contributed by atoms with van der Waals surface area (Å²) in [6.45, 7) is 1.98. The number of hydrogen-bond donors (Lipinski definition) is 0. The van der Waals surface area contributed by atoms with Crippen molar-refractivity contribution in [3.63, 3.8) is 0 Å². The predicted octanol–water partition coefficient (Wildman–Crippen LogP) is 6.09. The molecule has 0 spiro atoms. The number of carbonyl (C=O) groups excluding carboxylic acids is 1. The second-order valence-corrected chi connectivity index (χ2v) is 9.36. The Morgan fingerprint density at radius 3 is 2.29 bits per heavy atom. The Bertz CT molecular complexity index is 1450. The van der Waals surface area contributed by atoms with Crippen molar-refractivity contribution in [2.75, 3.05) is 13.7 Å². The first-order valence-electron chi connectivity index (χ1n) is 12.5. The lowest BCUT2D eigenvalue weighted by Gasteiger charge is -2.30. The summed E-state index contributed by atoms with van der Waals surface area (Å²) in [5, 5.41) is 0. The molecule has 0 N–H and O–H groups in total. The maximum absolute atomic E-state index is 11.5. The summed E-state index contributed by atoms with van der Waals surface area (Å²) in [5.41, 5.74) is 5.12. The minimum atomic E-state index is -0.486. The molecule has 2 unspecified atom stereocenters. The number of aliphatic imine (C=N–C) groups is 1. The van der Waals surface area contributed by atoms with Gasteiger partial charge < -0.3 is 9.47 Å². The van der Waals surface area contributed by atoms with E-state index in [4.69, 9.17) is 24.4 Å². The summed E-state index contributed by atoms with van der Waals surface area (Å²) in [7, 11) is 1.34. The average Bonchev–Trinajstić information content (AvgIpc) is 3.42. The summed E-state index contributed by atoms with van der Waals surface area (Å²) in [6.07, 6.45) is 8.47. The summed E-state index contributed by atoms with van der Waals surface area (Å²) < 4.78 is 10.3. The molecule has 0 radical (unpaired) electrons. The standard InChI is InChI=1S/C32H29N3O3/c1-32(17-10-18-34-32)27(20-23-11-9-16-26(19-23)38-22-29(36)37-2)28-21-33-30(24-12-5-3-6-13-24)31(35-28)25-14-7-4-8-15-25/h3-19,21,27H,20,22H2,1-2H3. The van der Waals surface area contributed by atoms with Crippen molar-refractivity contribution >= 4 is 12.2 Å². The molecular formula is C32H29N3O3. The Morgan fingerprint density at radius 1 is 0.921 bits per heavy atom. The van der Waals surface area contributed by atoms with E-state index in [0.717, 1.165) is 33.8 Å². The van der Waals surface area contributed by atoms with E-state index in [0.29, 0.717) is 12.2 Å². The van der Waals surface area contributed by atoms with Crippen LogP contribution >= 0.6 is 0 Å². The molecule has 6 heteroatoms. The molecule has 6 nitrogen and oxygen atoms in total. The third kappa shape index (κ3) is 5.54. The van der Waals surface area contributed by atoms with Crippen LogP contribution in [0.1, 0.15) is 24.1 Å². The van der Waals surface area contributed by atoms with Gasteiger partial charge >= 0.3 is 5.97 Å². The second-order valence-electron chi connectivity index (χ2n) is 9.36. The lowest BCUT2D eigenvalue weighted by atomic mass is 9.80. The van der Waals surface area contributed by atoms with E-state index in [1.165, 1.54) is 7.11 Å². The number of carbonyl (C=O) groups is 1. The summed E-state index contributed by atoms with van der Waals surface area (Å²) in [6, 6.07) is 28.0. The number of methoxy groups -OCH3 is 1. The van der Waals surface area contributed by atoms with E-state index in [-0.39, 0.29) is 12.5 Å². The number of esters is 1. The number of aromatic nitrogens is 2. The van der Waals surface area contributed by atoms with Crippen LogP contribution in [0, 0.1) is 0 Å². The monoisotopic (exact) mass is 503 g/mol. The molecule has 1 aromatic heterocycles. The number of allylic oxidation sites excluding steroid dienone is 1. The van der Waals surface area contributed by atoms with E-state index in [1.807, 2.05) is 79.2 Å². The fourth-order valence-corrected chi connectivity index (χ4v) is 4.68. The van der Waals surface area contributed by atoms with E-state index in [9.17, 15) is 4.79 Å². The highest BCUT2D eigenvalue weighted by molar-refractivity contribution is 5.78. The Hall–Kier alpha value is -4.58. The highest BCUT2D eigenvalue weighted by atomic mass is 16.6. The quantitative estimate of drug-likeness (QED) is 0.259. The first-order valence-corrected chi connectivity index (χ1v) is 12.5.